The van der Waals surface area contributed by atoms with Gasteiger partial charge in [0.1, 0.15) is 0 Å². The maximum atomic E-state index is 12.5. The van der Waals surface area contributed by atoms with Gasteiger partial charge in [0.2, 0.25) is 10.0 Å². The summed E-state index contributed by atoms with van der Waals surface area (Å²) in [6.07, 6.45) is 0.389. The zero-order valence-electron chi connectivity index (χ0n) is 12.2. The molecule has 0 fully saturated rings. The van der Waals surface area contributed by atoms with E-state index in [0.717, 1.165) is 0 Å². The Balaban J connectivity index is 2.25. The molecule has 1 aromatic carbocycles. The van der Waals surface area contributed by atoms with Gasteiger partial charge >= 0.3 is 0 Å². The van der Waals surface area contributed by atoms with E-state index in [4.69, 9.17) is 9.94 Å². The third-order valence-corrected chi connectivity index (χ3v) is 5.02. The van der Waals surface area contributed by atoms with Crippen molar-refractivity contribution >= 4 is 21.4 Å². The summed E-state index contributed by atoms with van der Waals surface area (Å²) < 4.78 is 31.6. The quantitative estimate of drug-likeness (QED) is 0.664. The molecule has 0 radical (unpaired) electrons. The summed E-state index contributed by atoms with van der Waals surface area (Å²) in [4.78, 5) is 0. The first-order chi connectivity index (χ1) is 9.95. The lowest BCUT2D eigenvalue weighted by Gasteiger charge is -2.30. The lowest BCUT2D eigenvalue weighted by Crippen LogP contribution is -2.40. The number of nitrogens with zero attached hydrogens (tertiary/aromatic N) is 2. The monoisotopic (exact) mass is 312 g/mol. The van der Waals surface area contributed by atoms with Gasteiger partial charge in [0.15, 0.2) is 0 Å². The second-order valence-electron chi connectivity index (χ2n) is 5.12. The van der Waals surface area contributed by atoms with E-state index in [2.05, 4.69) is 5.16 Å². The standard InChI is InChI=1S/C14H20N2O4S/c1-11(2)20-9-10-21(18,19)16-8-7-13(15-17)12-5-3-4-6-14(12)16/h3-6,11,17H,7-10H2,1-2H3. The third-order valence-electron chi connectivity index (χ3n) is 3.28. The second-order valence-corrected chi connectivity index (χ2v) is 7.13. The molecule has 0 saturated heterocycles. The van der Waals surface area contributed by atoms with Gasteiger partial charge in [-0.3, -0.25) is 4.31 Å². The number of fused-ring (bicyclic) bond motifs is 1. The molecule has 0 spiro atoms. The average molecular weight is 312 g/mol. The lowest BCUT2D eigenvalue weighted by molar-refractivity contribution is 0.0912. The van der Waals surface area contributed by atoms with E-state index in [1.165, 1.54) is 4.31 Å². The van der Waals surface area contributed by atoms with Gasteiger partial charge in [-0.05, 0) is 19.9 Å². The van der Waals surface area contributed by atoms with Crippen LogP contribution in [-0.2, 0) is 14.8 Å². The molecule has 7 heteroatoms. The Morgan fingerprint density at radius 1 is 1.38 bits per heavy atom. The van der Waals surface area contributed by atoms with Crippen LogP contribution in [-0.4, -0.2) is 44.3 Å². The van der Waals surface area contributed by atoms with Crippen LogP contribution >= 0.6 is 0 Å². The van der Waals surface area contributed by atoms with Crippen molar-refractivity contribution in [3.8, 4) is 0 Å². The minimum atomic E-state index is -3.45. The molecule has 116 valence electrons. The van der Waals surface area contributed by atoms with Crippen LogP contribution < -0.4 is 4.31 Å². The van der Waals surface area contributed by atoms with Crippen molar-refractivity contribution in [2.24, 2.45) is 5.16 Å². The maximum Gasteiger partial charge on any atom is 0.237 e. The molecule has 1 aliphatic rings. The molecule has 0 unspecified atom stereocenters. The van der Waals surface area contributed by atoms with E-state index in [-0.39, 0.29) is 25.0 Å². The van der Waals surface area contributed by atoms with Crippen molar-refractivity contribution in [1.29, 1.82) is 0 Å². The Bertz CT molecular complexity index is 626. The Morgan fingerprint density at radius 2 is 2.10 bits per heavy atom. The Labute approximate surface area is 125 Å². The van der Waals surface area contributed by atoms with Crippen LogP contribution in [0.5, 0.6) is 0 Å². The first kappa shape index (κ1) is 15.8. The fraction of sp³-hybridized carbons (Fsp3) is 0.500. The first-order valence-corrected chi connectivity index (χ1v) is 8.49. The van der Waals surface area contributed by atoms with Gasteiger partial charge in [-0.25, -0.2) is 8.42 Å². The van der Waals surface area contributed by atoms with Gasteiger partial charge in [-0.1, -0.05) is 23.4 Å². The van der Waals surface area contributed by atoms with Crippen molar-refractivity contribution in [2.75, 3.05) is 23.2 Å². The van der Waals surface area contributed by atoms with Crippen molar-refractivity contribution in [1.82, 2.24) is 0 Å². The van der Waals surface area contributed by atoms with Crippen LogP contribution in [0.3, 0.4) is 0 Å². The highest BCUT2D eigenvalue weighted by atomic mass is 32.2. The normalized spacial score (nSPS) is 17.3. The van der Waals surface area contributed by atoms with Gasteiger partial charge in [0.05, 0.1) is 29.9 Å². The van der Waals surface area contributed by atoms with Crippen LogP contribution in [0.25, 0.3) is 0 Å². The molecule has 0 aromatic heterocycles. The molecule has 0 atom stereocenters. The van der Waals surface area contributed by atoms with Crippen molar-refractivity contribution in [2.45, 2.75) is 26.4 Å². The molecule has 0 bridgehead atoms. The largest absolute Gasteiger partial charge is 0.411 e. The summed E-state index contributed by atoms with van der Waals surface area (Å²) in [5.41, 5.74) is 1.72. The SMILES string of the molecule is CC(C)OCCS(=O)(=O)N1CCC(=NO)c2ccccc21. The van der Waals surface area contributed by atoms with E-state index in [1.807, 2.05) is 13.8 Å². The molecule has 1 heterocycles. The number of oxime groups is 1. The highest BCUT2D eigenvalue weighted by molar-refractivity contribution is 7.92. The maximum absolute atomic E-state index is 12.5. The Hall–Kier alpha value is -1.60. The van der Waals surface area contributed by atoms with Crippen molar-refractivity contribution < 1.29 is 18.4 Å². The first-order valence-electron chi connectivity index (χ1n) is 6.88. The highest BCUT2D eigenvalue weighted by Gasteiger charge is 2.30. The second kappa shape index (κ2) is 6.44. The van der Waals surface area contributed by atoms with E-state index >= 15 is 0 Å². The summed E-state index contributed by atoms with van der Waals surface area (Å²) in [6, 6.07) is 7.05. The van der Waals surface area contributed by atoms with Crippen LogP contribution in [0.4, 0.5) is 5.69 Å². The number of para-hydroxylation sites is 1. The van der Waals surface area contributed by atoms with Gasteiger partial charge in [-0.2, -0.15) is 0 Å². The molecule has 0 aliphatic carbocycles. The molecular formula is C14H20N2O4S. The minimum absolute atomic E-state index is 0.00182. The Morgan fingerprint density at radius 3 is 2.76 bits per heavy atom. The summed E-state index contributed by atoms with van der Waals surface area (Å²) in [6.45, 7) is 4.18. The number of hydrogen-bond acceptors (Lipinski definition) is 5. The van der Waals surface area contributed by atoms with Gasteiger partial charge in [0.25, 0.3) is 0 Å². The van der Waals surface area contributed by atoms with Crippen LogP contribution in [0.1, 0.15) is 25.8 Å². The van der Waals surface area contributed by atoms with Gasteiger partial charge in [-0.15, -0.1) is 0 Å². The number of sulfonamides is 1. The molecule has 1 aromatic rings. The molecule has 1 aliphatic heterocycles. The van der Waals surface area contributed by atoms with E-state index in [0.29, 0.717) is 23.4 Å². The number of anilines is 1. The predicted molar refractivity (Wildman–Crippen MR) is 81.6 cm³/mol. The average Bonchev–Trinajstić information content (AvgIpc) is 2.45. The molecular weight excluding hydrogens is 292 g/mol. The van der Waals surface area contributed by atoms with Crippen LogP contribution in [0, 0.1) is 0 Å². The zero-order chi connectivity index (χ0) is 15.5. The topological polar surface area (TPSA) is 79.2 Å². The smallest absolute Gasteiger partial charge is 0.237 e. The lowest BCUT2D eigenvalue weighted by atomic mass is 10.0. The number of ether oxygens (including phenoxy) is 1. The molecule has 21 heavy (non-hydrogen) atoms. The van der Waals surface area contributed by atoms with E-state index < -0.39 is 10.0 Å². The third kappa shape index (κ3) is 3.54. The summed E-state index contributed by atoms with van der Waals surface area (Å²) in [5.74, 6) is -0.0644. The number of benzene rings is 1. The van der Waals surface area contributed by atoms with Crippen LogP contribution in [0.2, 0.25) is 0 Å². The minimum Gasteiger partial charge on any atom is -0.411 e. The fourth-order valence-corrected chi connectivity index (χ4v) is 3.65. The fourth-order valence-electron chi connectivity index (χ4n) is 2.29. The highest BCUT2D eigenvalue weighted by Crippen LogP contribution is 2.29. The molecule has 0 saturated carbocycles. The summed E-state index contributed by atoms with van der Waals surface area (Å²) >= 11 is 0. The summed E-state index contributed by atoms with van der Waals surface area (Å²) in [5, 5.41) is 12.3. The predicted octanol–water partition coefficient (Wildman–Crippen LogP) is 1.83. The van der Waals surface area contributed by atoms with E-state index in [9.17, 15) is 8.42 Å². The van der Waals surface area contributed by atoms with Gasteiger partial charge in [0, 0.05) is 18.5 Å². The Kier molecular flexibility index (Phi) is 4.84. The van der Waals surface area contributed by atoms with Crippen LogP contribution in [0.15, 0.2) is 29.4 Å². The number of rotatable bonds is 5. The molecule has 6 nitrogen and oxygen atoms in total. The van der Waals surface area contributed by atoms with Crippen molar-refractivity contribution in [3.63, 3.8) is 0 Å². The van der Waals surface area contributed by atoms with Crippen molar-refractivity contribution in [3.05, 3.63) is 29.8 Å². The number of hydrogen-bond donors (Lipinski definition) is 1. The van der Waals surface area contributed by atoms with Gasteiger partial charge < -0.3 is 9.94 Å². The molecule has 2 rings (SSSR count). The molecule has 0 amide bonds. The van der Waals surface area contributed by atoms with E-state index in [1.54, 1.807) is 24.3 Å². The zero-order valence-corrected chi connectivity index (χ0v) is 13.0. The molecule has 1 N–H and O–H groups in total. The summed E-state index contributed by atoms with van der Waals surface area (Å²) in [7, 11) is -3.45.